The minimum Gasteiger partial charge on any atom is -0.358 e. The SMILES string of the molecule is C[N+](C)(C/C=C/C(=O)Nc1cc2c(Nc3ccc(Br)c(Cl)c3)ncnc2cn1)CC1=C([N+](=O)[O-])N=CC1. The molecule has 4 rings (SSSR count). The van der Waals surface area contributed by atoms with Crippen LogP contribution in [-0.4, -0.2) is 63.7 Å². The maximum Gasteiger partial charge on any atom is 0.368 e. The molecule has 0 radical (unpaired) electrons. The van der Waals surface area contributed by atoms with Crippen molar-refractivity contribution in [3.63, 3.8) is 0 Å². The van der Waals surface area contributed by atoms with Gasteiger partial charge >= 0.3 is 5.82 Å². The molecule has 37 heavy (non-hydrogen) atoms. The van der Waals surface area contributed by atoms with Gasteiger partial charge < -0.3 is 25.2 Å². The first-order valence-corrected chi connectivity index (χ1v) is 12.3. The third-order valence-corrected chi connectivity index (χ3v) is 6.72. The van der Waals surface area contributed by atoms with Crippen molar-refractivity contribution in [1.82, 2.24) is 15.0 Å². The smallest absolute Gasteiger partial charge is 0.358 e. The fourth-order valence-corrected chi connectivity index (χ4v) is 4.20. The van der Waals surface area contributed by atoms with E-state index in [2.05, 4.69) is 46.5 Å². The number of hydrogen-bond donors (Lipinski definition) is 2. The maximum atomic E-state index is 12.5. The second-order valence-electron chi connectivity index (χ2n) is 8.93. The van der Waals surface area contributed by atoms with E-state index in [4.69, 9.17) is 11.6 Å². The van der Waals surface area contributed by atoms with Crippen LogP contribution in [0.4, 0.5) is 17.3 Å². The molecule has 2 aromatic heterocycles. The van der Waals surface area contributed by atoms with Crippen LogP contribution in [0.3, 0.4) is 0 Å². The summed E-state index contributed by atoms with van der Waals surface area (Å²) in [6, 6.07) is 7.14. The molecule has 0 saturated heterocycles. The molecule has 0 spiro atoms. The lowest BCUT2D eigenvalue weighted by molar-refractivity contribution is -0.880. The van der Waals surface area contributed by atoms with Gasteiger partial charge in [-0.05, 0) is 51.2 Å². The van der Waals surface area contributed by atoms with Crippen LogP contribution in [0.5, 0.6) is 0 Å². The average Bonchev–Trinajstić information content (AvgIpc) is 3.29. The molecule has 0 fully saturated rings. The predicted octanol–water partition coefficient (Wildman–Crippen LogP) is 4.72. The molecular weight excluding hydrogens is 564 g/mol. The van der Waals surface area contributed by atoms with Crippen LogP contribution in [0.15, 0.2) is 69.8 Å². The minimum absolute atomic E-state index is 0.0867. The van der Waals surface area contributed by atoms with E-state index in [1.807, 2.05) is 26.2 Å². The van der Waals surface area contributed by atoms with Crippen molar-refractivity contribution in [3.8, 4) is 0 Å². The van der Waals surface area contributed by atoms with E-state index in [1.165, 1.54) is 12.4 Å². The number of halogens is 2. The molecule has 3 aromatic rings. The summed E-state index contributed by atoms with van der Waals surface area (Å²) in [6.45, 7) is 0.943. The molecule has 1 aliphatic heterocycles. The van der Waals surface area contributed by atoms with Gasteiger partial charge in [0, 0.05) is 28.0 Å². The summed E-state index contributed by atoms with van der Waals surface area (Å²) in [5, 5.41) is 18.3. The van der Waals surface area contributed by atoms with Gasteiger partial charge in [0.2, 0.25) is 5.91 Å². The maximum absolute atomic E-state index is 12.5. The molecule has 1 aliphatic rings. The summed E-state index contributed by atoms with van der Waals surface area (Å²) in [7, 11) is 3.87. The second-order valence-corrected chi connectivity index (χ2v) is 10.2. The molecule has 0 aliphatic carbocycles. The number of carbonyl (C=O) groups is 1. The number of carbonyl (C=O) groups excluding carboxylic acids is 1. The minimum atomic E-state index is -0.460. The van der Waals surface area contributed by atoms with Gasteiger partial charge in [-0.1, -0.05) is 16.6 Å². The summed E-state index contributed by atoms with van der Waals surface area (Å²) in [6.07, 6.45) is 8.14. The summed E-state index contributed by atoms with van der Waals surface area (Å²) in [4.78, 5) is 39.9. The second kappa shape index (κ2) is 11.1. The number of pyridine rings is 1. The number of anilines is 3. The number of likely N-dealkylation sites (N-methyl/N-ethyl adjacent to an activating group) is 1. The van der Waals surface area contributed by atoms with E-state index < -0.39 is 4.92 Å². The Labute approximate surface area is 225 Å². The summed E-state index contributed by atoms with van der Waals surface area (Å²) in [5.74, 6) is 0.435. The Morgan fingerprint density at radius 2 is 2.08 bits per heavy atom. The zero-order valence-corrected chi connectivity index (χ0v) is 22.3. The van der Waals surface area contributed by atoms with Crippen molar-refractivity contribution in [2.45, 2.75) is 6.42 Å². The number of benzene rings is 1. The van der Waals surface area contributed by atoms with Crippen LogP contribution in [0, 0.1) is 10.1 Å². The molecule has 11 nitrogen and oxygen atoms in total. The molecule has 3 heterocycles. The lowest BCUT2D eigenvalue weighted by Gasteiger charge is -2.28. The first-order chi connectivity index (χ1) is 17.6. The third kappa shape index (κ3) is 6.73. The highest BCUT2D eigenvalue weighted by Gasteiger charge is 2.28. The van der Waals surface area contributed by atoms with Crippen LogP contribution in [0.25, 0.3) is 10.9 Å². The van der Waals surface area contributed by atoms with Gasteiger partial charge in [0.15, 0.2) is 0 Å². The highest BCUT2D eigenvalue weighted by Crippen LogP contribution is 2.29. The van der Waals surface area contributed by atoms with Gasteiger partial charge in [-0.15, -0.1) is 0 Å². The van der Waals surface area contributed by atoms with Crippen LogP contribution in [0.2, 0.25) is 5.02 Å². The Hall–Kier alpha value is -3.74. The Balaban J connectivity index is 1.42. The van der Waals surface area contributed by atoms with Crippen molar-refractivity contribution < 1.29 is 14.2 Å². The summed E-state index contributed by atoms with van der Waals surface area (Å²) in [5.41, 5.74) is 2.02. The predicted molar refractivity (Wildman–Crippen MR) is 147 cm³/mol. The molecule has 0 saturated carbocycles. The standard InChI is InChI=1S/C24H22BrClN8O3/c1-34(2,13-15-7-8-27-24(15)33(36)37)9-3-4-22(35)32-21-11-17-20(12-28-21)29-14-30-23(17)31-16-5-6-18(25)19(26)10-16/h3-6,8,10-12,14H,7,9,13H2,1-2H3,(H-,28,29,30,31,32,35)/p+1/b4-3+. The fourth-order valence-electron chi connectivity index (χ4n) is 3.77. The number of nitro groups is 1. The number of nitrogens with zero attached hydrogens (tertiary/aromatic N) is 6. The van der Waals surface area contributed by atoms with Crippen LogP contribution in [0.1, 0.15) is 6.42 Å². The van der Waals surface area contributed by atoms with E-state index in [9.17, 15) is 14.9 Å². The lowest BCUT2D eigenvalue weighted by atomic mass is 10.2. The lowest BCUT2D eigenvalue weighted by Crippen LogP contribution is -2.41. The van der Waals surface area contributed by atoms with E-state index in [-0.39, 0.29) is 11.7 Å². The molecule has 1 amide bonds. The Bertz CT molecular complexity index is 1470. The molecule has 0 bridgehead atoms. The molecule has 0 unspecified atom stereocenters. The summed E-state index contributed by atoms with van der Waals surface area (Å²) < 4.78 is 1.21. The van der Waals surface area contributed by atoms with Crippen molar-refractivity contribution in [2.75, 3.05) is 37.8 Å². The van der Waals surface area contributed by atoms with Crippen LogP contribution in [-0.2, 0) is 4.79 Å². The molecule has 1 aromatic carbocycles. The van der Waals surface area contributed by atoms with Crippen LogP contribution < -0.4 is 10.6 Å². The fraction of sp³-hybridized carbons (Fsp3) is 0.208. The zero-order valence-electron chi connectivity index (χ0n) is 20.0. The van der Waals surface area contributed by atoms with Crippen molar-refractivity contribution in [1.29, 1.82) is 0 Å². The number of hydrogen-bond acceptors (Lipinski definition) is 8. The van der Waals surface area contributed by atoms with Gasteiger partial charge in [-0.2, -0.15) is 0 Å². The first-order valence-electron chi connectivity index (χ1n) is 11.1. The molecule has 0 atom stereocenters. The number of rotatable bonds is 9. The van der Waals surface area contributed by atoms with Gasteiger partial charge in [0.25, 0.3) is 0 Å². The first kappa shape index (κ1) is 26.3. The number of amides is 1. The summed E-state index contributed by atoms with van der Waals surface area (Å²) >= 11 is 9.56. The van der Waals surface area contributed by atoms with Crippen molar-refractivity contribution >= 4 is 67.9 Å². The number of aliphatic imine (C=N–C) groups is 1. The van der Waals surface area contributed by atoms with Crippen molar-refractivity contribution in [2.24, 2.45) is 4.99 Å². The van der Waals surface area contributed by atoms with E-state index in [0.29, 0.717) is 57.1 Å². The Kier molecular flexibility index (Phi) is 7.91. The Morgan fingerprint density at radius 1 is 1.27 bits per heavy atom. The monoisotopic (exact) mass is 585 g/mol. The number of quaternary nitrogens is 1. The number of aromatic nitrogens is 3. The number of fused-ring (bicyclic) bond motifs is 1. The molecular formula is C24H23BrClN8O3+. The van der Waals surface area contributed by atoms with Gasteiger partial charge in [-0.3, -0.25) is 4.79 Å². The Morgan fingerprint density at radius 3 is 2.84 bits per heavy atom. The molecule has 2 N–H and O–H groups in total. The van der Waals surface area contributed by atoms with Crippen molar-refractivity contribution in [3.05, 3.63) is 79.9 Å². The van der Waals surface area contributed by atoms with E-state index in [0.717, 1.165) is 10.2 Å². The normalized spacial score (nSPS) is 13.5. The largest absolute Gasteiger partial charge is 0.368 e. The topological polar surface area (TPSA) is 135 Å². The highest BCUT2D eigenvalue weighted by atomic mass is 79.9. The van der Waals surface area contributed by atoms with E-state index in [1.54, 1.807) is 30.6 Å². The van der Waals surface area contributed by atoms with Crippen LogP contribution >= 0.6 is 27.5 Å². The number of nitrogens with one attached hydrogen (secondary N) is 2. The van der Waals surface area contributed by atoms with Gasteiger partial charge in [0.05, 0.1) is 42.9 Å². The molecule has 190 valence electrons. The van der Waals surface area contributed by atoms with Gasteiger partial charge in [0.1, 0.15) is 30.7 Å². The molecule has 13 heteroatoms. The highest BCUT2D eigenvalue weighted by molar-refractivity contribution is 9.10. The van der Waals surface area contributed by atoms with Gasteiger partial charge in [-0.25, -0.2) is 15.0 Å². The third-order valence-electron chi connectivity index (χ3n) is 5.48. The quantitative estimate of drug-likeness (QED) is 0.160. The zero-order chi connectivity index (χ0) is 26.6. The van der Waals surface area contributed by atoms with E-state index >= 15 is 0 Å². The average molecular weight is 587 g/mol.